The fourth-order valence-corrected chi connectivity index (χ4v) is 1.78. The zero-order valence-electron chi connectivity index (χ0n) is 11.1. The number of oxime groups is 1. The van der Waals surface area contributed by atoms with E-state index in [1.54, 1.807) is 12.1 Å². The number of hydrogen-bond donors (Lipinski definition) is 1. The summed E-state index contributed by atoms with van der Waals surface area (Å²) in [7, 11) is 0. The van der Waals surface area contributed by atoms with Gasteiger partial charge in [-0.2, -0.15) is 0 Å². The lowest BCUT2D eigenvalue weighted by Crippen LogP contribution is -2.15. The number of rotatable bonds is 4. The number of amidine groups is 1. The first-order valence-corrected chi connectivity index (χ1v) is 6.40. The number of nitrogens with zero attached hydrogens (tertiary/aromatic N) is 2. The first-order chi connectivity index (χ1) is 10.5. The Kier molecular flexibility index (Phi) is 4.70. The standard InChI is InChI=1S/C14H10ClN3O4/c15-11-5-1-4-10(7-11)14(19)22-17-13(16)9-3-2-6-12(8-9)18(20)21/h1-8H,(H2,16,17). The number of halogens is 1. The Bertz CT molecular complexity index is 761. The molecule has 0 fully saturated rings. The molecule has 0 radical (unpaired) electrons. The predicted octanol–water partition coefficient (Wildman–Crippen LogP) is 2.73. The summed E-state index contributed by atoms with van der Waals surface area (Å²) in [5.41, 5.74) is 5.99. The Balaban J connectivity index is 2.14. The van der Waals surface area contributed by atoms with E-state index in [-0.39, 0.29) is 22.6 Å². The second kappa shape index (κ2) is 6.68. The van der Waals surface area contributed by atoms with Gasteiger partial charge in [-0.05, 0) is 18.2 Å². The molecule has 0 aliphatic heterocycles. The minimum absolute atomic E-state index is 0.142. The van der Waals surface area contributed by atoms with Crippen molar-refractivity contribution in [3.63, 3.8) is 0 Å². The van der Waals surface area contributed by atoms with Crippen molar-refractivity contribution in [2.24, 2.45) is 10.9 Å². The molecule has 0 heterocycles. The number of benzene rings is 2. The van der Waals surface area contributed by atoms with Crippen molar-refractivity contribution in [2.75, 3.05) is 0 Å². The molecule has 0 atom stereocenters. The van der Waals surface area contributed by atoms with Gasteiger partial charge in [0.1, 0.15) is 0 Å². The Labute approximate surface area is 130 Å². The van der Waals surface area contributed by atoms with Gasteiger partial charge in [-0.25, -0.2) is 4.79 Å². The summed E-state index contributed by atoms with van der Waals surface area (Å²) in [4.78, 5) is 26.6. The van der Waals surface area contributed by atoms with Crippen molar-refractivity contribution in [1.82, 2.24) is 0 Å². The molecule has 7 nitrogen and oxygen atoms in total. The third-order valence-corrected chi connectivity index (χ3v) is 2.88. The fourth-order valence-electron chi connectivity index (χ4n) is 1.59. The quantitative estimate of drug-likeness (QED) is 0.306. The minimum atomic E-state index is -0.740. The minimum Gasteiger partial charge on any atom is -0.380 e. The highest BCUT2D eigenvalue weighted by atomic mass is 35.5. The molecule has 0 aromatic heterocycles. The van der Waals surface area contributed by atoms with Crippen LogP contribution in [-0.2, 0) is 4.84 Å². The van der Waals surface area contributed by atoms with Gasteiger partial charge in [-0.3, -0.25) is 10.1 Å². The van der Waals surface area contributed by atoms with Gasteiger partial charge in [0.05, 0.1) is 10.5 Å². The highest BCUT2D eigenvalue weighted by Crippen LogP contribution is 2.14. The van der Waals surface area contributed by atoms with Crippen LogP contribution < -0.4 is 5.73 Å². The summed E-state index contributed by atoms with van der Waals surface area (Å²) in [5.74, 6) is -0.894. The lowest BCUT2D eigenvalue weighted by atomic mass is 10.2. The number of carbonyl (C=O) groups is 1. The van der Waals surface area contributed by atoms with Crippen molar-refractivity contribution in [1.29, 1.82) is 0 Å². The van der Waals surface area contributed by atoms with Crippen molar-refractivity contribution >= 4 is 29.1 Å². The van der Waals surface area contributed by atoms with Crippen LogP contribution in [-0.4, -0.2) is 16.7 Å². The molecule has 22 heavy (non-hydrogen) atoms. The van der Waals surface area contributed by atoms with Gasteiger partial charge >= 0.3 is 5.97 Å². The number of nitro benzene ring substituents is 1. The van der Waals surface area contributed by atoms with E-state index in [0.29, 0.717) is 5.02 Å². The van der Waals surface area contributed by atoms with Gasteiger partial charge in [0.2, 0.25) is 0 Å². The third-order valence-electron chi connectivity index (χ3n) is 2.64. The Hall–Kier alpha value is -2.93. The van der Waals surface area contributed by atoms with Gasteiger partial charge in [0.25, 0.3) is 5.69 Å². The topological polar surface area (TPSA) is 108 Å². The first kappa shape index (κ1) is 15.5. The van der Waals surface area contributed by atoms with E-state index >= 15 is 0 Å². The highest BCUT2D eigenvalue weighted by molar-refractivity contribution is 6.30. The Morgan fingerprint density at radius 2 is 1.86 bits per heavy atom. The fraction of sp³-hybridized carbons (Fsp3) is 0. The third kappa shape index (κ3) is 3.80. The lowest BCUT2D eigenvalue weighted by Gasteiger charge is -2.02. The maximum Gasteiger partial charge on any atom is 0.365 e. The van der Waals surface area contributed by atoms with Crippen LogP contribution in [0.4, 0.5) is 5.69 Å². The van der Waals surface area contributed by atoms with Gasteiger partial charge in [-0.15, -0.1) is 0 Å². The van der Waals surface area contributed by atoms with Gasteiger partial charge < -0.3 is 10.6 Å². The van der Waals surface area contributed by atoms with Crippen molar-refractivity contribution in [2.45, 2.75) is 0 Å². The highest BCUT2D eigenvalue weighted by Gasteiger charge is 2.11. The van der Waals surface area contributed by atoms with Gasteiger partial charge in [0.15, 0.2) is 5.84 Å². The smallest absolute Gasteiger partial charge is 0.365 e. The predicted molar refractivity (Wildman–Crippen MR) is 80.7 cm³/mol. The average Bonchev–Trinajstić information content (AvgIpc) is 2.52. The lowest BCUT2D eigenvalue weighted by molar-refractivity contribution is -0.384. The average molecular weight is 320 g/mol. The molecule has 2 aromatic carbocycles. The van der Waals surface area contributed by atoms with Crippen LogP contribution in [0.2, 0.25) is 5.02 Å². The molecule has 2 aromatic rings. The van der Waals surface area contributed by atoms with Crippen LogP contribution in [0.15, 0.2) is 53.7 Å². The van der Waals surface area contributed by atoms with E-state index in [1.165, 1.54) is 36.4 Å². The molecule has 0 aliphatic carbocycles. The molecule has 0 saturated heterocycles. The first-order valence-electron chi connectivity index (χ1n) is 6.02. The molecule has 0 unspecified atom stereocenters. The summed E-state index contributed by atoms with van der Waals surface area (Å²) >= 11 is 5.76. The van der Waals surface area contributed by atoms with E-state index in [0.717, 1.165) is 0 Å². The summed E-state index contributed by atoms with van der Waals surface area (Å²) in [6.07, 6.45) is 0. The summed E-state index contributed by atoms with van der Waals surface area (Å²) in [5, 5.41) is 14.5. The van der Waals surface area contributed by atoms with Crippen molar-refractivity contribution in [3.05, 3.63) is 74.8 Å². The molecule has 112 valence electrons. The largest absolute Gasteiger partial charge is 0.380 e. The zero-order chi connectivity index (χ0) is 16.1. The van der Waals surface area contributed by atoms with Crippen molar-refractivity contribution < 1.29 is 14.6 Å². The van der Waals surface area contributed by atoms with E-state index in [9.17, 15) is 14.9 Å². The molecule has 0 spiro atoms. The number of nitrogens with two attached hydrogens (primary N) is 1. The van der Waals surface area contributed by atoms with Crippen LogP contribution in [0.5, 0.6) is 0 Å². The molecule has 2 N–H and O–H groups in total. The maximum absolute atomic E-state index is 11.8. The van der Waals surface area contributed by atoms with E-state index in [2.05, 4.69) is 5.16 Å². The maximum atomic E-state index is 11.8. The monoisotopic (exact) mass is 319 g/mol. The molecule has 2 rings (SSSR count). The van der Waals surface area contributed by atoms with Crippen LogP contribution >= 0.6 is 11.6 Å². The van der Waals surface area contributed by atoms with Gasteiger partial charge in [0, 0.05) is 22.7 Å². The molecule has 0 amide bonds. The Morgan fingerprint density at radius 1 is 1.18 bits per heavy atom. The van der Waals surface area contributed by atoms with Crippen LogP contribution in [0.3, 0.4) is 0 Å². The number of non-ortho nitro benzene ring substituents is 1. The van der Waals surface area contributed by atoms with E-state index in [1.807, 2.05) is 0 Å². The zero-order valence-corrected chi connectivity index (χ0v) is 11.9. The molecular weight excluding hydrogens is 310 g/mol. The van der Waals surface area contributed by atoms with E-state index < -0.39 is 10.9 Å². The van der Waals surface area contributed by atoms with Crippen LogP contribution in [0.25, 0.3) is 0 Å². The van der Waals surface area contributed by atoms with Crippen LogP contribution in [0.1, 0.15) is 15.9 Å². The van der Waals surface area contributed by atoms with E-state index in [4.69, 9.17) is 22.2 Å². The molecule has 0 aliphatic rings. The van der Waals surface area contributed by atoms with Crippen LogP contribution in [0, 0.1) is 10.1 Å². The SMILES string of the molecule is N/C(=N\OC(=O)c1cccc(Cl)c1)c1cccc([N+](=O)[O-])c1. The molecule has 0 saturated carbocycles. The number of carbonyl (C=O) groups excluding carboxylic acids is 1. The molecule has 8 heteroatoms. The van der Waals surface area contributed by atoms with Gasteiger partial charge in [-0.1, -0.05) is 35.0 Å². The second-order valence-corrected chi connectivity index (χ2v) is 4.61. The summed E-state index contributed by atoms with van der Waals surface area (Å²) < 4.78 is 0. The Morgan fingerprint density at radius 3 is 2.55 bits per heavy atom. The molecule has 0 bridgehead atoms. The summed E-state index contributed by atoms with van der Waals surface area (Å²) in [6.45, 7) is 0. The summed E-state index contributed by atoms with van der Waals surface area (Å²) in [6, 6.07) is 11.6. The number of hydrogen-bond acceptors (Lipinski definition) is 5. The second-order valence-electron chi connectivity index (χ2n) is 4.17. The molecular formula is C14H10ClN3O4. The normalized spacial score (nSPS) is 11.0. The number of nitro groups is 1. The van der Waals surface area contributed by atoms with Crippen molar-refractivity contribution in [3.8, 4) is 0 Å².